The normalized spacial score (nSPS) is 18.4. The van der Waals surface area contributed by atoms with Crippen LogP contribution in [0.2, 0.25) is 10.0 Å². The number of hydrogen-bond donors (Lipinski definition) is 0. The van der Waals surface area contributed by atoms with Gasteiger partial charge < -0.3 is 0 Å². The van der Waals surface area contributed by atoms with E-state index in [1.807, 2.05) is 0 Å². The summed E-state index contributed by atoms with van der Waals surface area (Å²) in [4.78, 5) is 0. The van der Waals surface area contributed by atoms with Crippen LogP contribution in [0.25, 0.3) is 22.3 Å². The van der Waals surface area contributed by atoms with Crippen LogP contribution < -0.4 is 0 Å². The molecule has 0 aromatic heterocycles. The number of hydrogen-bond acceptors (Lipinski definition) is 0. The Bertz CT molecular complexity index is 2510. The molecule has 5 heteroatoms. The SMILES string of the molecule is CC1=CC(C)[C]([Zr](=[CH]c2ccc(Cl)cc2)(=[CH]c2ccc(Cl)cc2)[C]2=C(C(C)(C)C)c3cc4c(cc3C2(C)C)Cc2cc3c(cc2-4)C(C(C)(C)C)=CC3(C)C)=C1.Cl.Cl. The van der Waals surface area contributed by atoms with Gasteiger partial charge in [-0.25, -0.2) is 0 Å². The first-order valence-electron chi connectivity index (χ1n) is 20.1. The maximum atomic E-state index is 6.52. The minimum Gasteiger partial charge on any atom is -0.147 e. The Morgan fingerprint density at radius 3 is 1.61 bits per heavy atom. The molecule has 0 spiro atoms. The van der Waals surface area contributed by atoms with Gasteiger partial charge in [0.25, 0.3) is 0 Å². The van der Waals surface area contributed by atoms with Gasteiger partial charge in [-0.3, -0.25) is 0 Å². The molecule has 0 bridgehead atoms. The second-order valence-electron chi connectivity index (χ2n) is 20.0. The molecule has 0 saturated carbocycles. The van der Waals surface area contributed by atoms with E-state index in [0.29, 0.717) is 5.92 Å². The van der Waals surface area contributed by atoms with Crippen LogP contribution in [0.4, 0.5) is 0 Å². The average Bonchev–Trinajstić information content (AvgIpc) is 3.77. The second kappa shape index (κ2) is 15.0. The molecule has 4 aromatic carbocycles. The van der Waals surface area contributed by atoms with Crippen LogP contribution in [0.3, 0.4) is 0 Å². The molecule has 0 fully saturated rings. The smallest absolute Gasteiger partial charge is 0.147 e. The van der Waals surface area contributed by atoms with Crippen LogP contribution in [0, 0.1) is 16.7 Å². The van der Waals surface area contributed by atoms with Crippen LogP contribution in [0.1, 0.15) is 128 Å². The molecule has 8 rings (SSSR count). The third kappa shape index (κ3) is 7.44. The van der Waals surface area contributed by atoms with Crippen molar-refractivity contribution < 1.29 is 19.3 Å². The minimum atomic E-state index is -4.05. The molecule has 1 atom stereocenters. The Morgan fingerprint density at radius 2 is 1.16 bits per heavy atom. The number of benzene rings is 4. The molecule has 0 N–H and O–H groups in total. The summed E-state index contributed by atoms with van der Waals surface area (Å²) in [5.41, 5.74) is 18.3. The van der Waals surface area contributed by atoms with Gasteiger partial charge in [-0.2, -0.15) is 0 Å². The first kappa shape index (κ1) is 44.2. The van der Waals surface area contributed by atoms with Gasteiger partial charge in [0.1, 0.15) is 0 Å². The summed E-state index contributed by atoms with van der Waals surface area (Å²) in [6.07, 6.45) is 8.53. The Balaban J connectivity index is 0.00000275. The van der Waals surface area contributed by atoms with Gasteiger partial charge in [-0.15, -0.1) is 24.8 Å². The van der Waals surface area contributed by atoms with Crippen molar-refractivity contribution >= 4 is 66.6 Å². The average molecular weight is 916 g/mol. The number of rotatable bonds is 4. The topological polar surface area (TPSA) is 0 Å². The zero-order valence-electron chi connectivity index (χ0n) is 35.7. The molecule has 0 aliphatic heterocycles. The van der Waals surface area contributed by atoms with Crippen molar-refractivity contribution in [2.45, 2.75) is 100 Å². The molecule has 0 saturated heterocycles. The van der Waals surface area contributed by atoms with Gasteiger partial charge >= 0.3 is 347 Å². The maximum Gasteiger partial charge on any atom is -0.147 e. The first-order valence-corrected chi connectivity index (χ1v) is 26.1. The summed E-state index contributed by atoms with van der Waals surface area (Å²) < 4.78 is 8.73. The van der Waals surface area contributed by atoms with Crippen molar-refractivity contribution in [3.63, 3.8) is 0 Å². The van der Waals surface area contributed by atoms with Crippen LogP contribution in [-0.4, -0.2) is 7.42 Å². The summed E-state index contributed by atoms with van der Waals surface area (Å²) >= 11 is 9.00. The van der Waals surface area contributed by atoms with E-state index >= 15 is 0 Å². The van der Waals surface area contributed by atoms with Gasteiger partial charge in [-0.05, 0) is 0 Å². The van der Waals surface area contributed by atoms with Crippen molar-refractivity contribution in [2.24, 2.45) is 16.7 Å². The summed E-state index contributed by atoms with van der Waals surface area (Å²) in [5.74, 6) is 0.337. The van der Waals surface area contributed by atoms with Gasteiger partial charge in [0.05, 0.1) is 0 Å². The molecule has 0 heterocycles. The third-order valence-electron chi connectivity index (χ3n) is 12.8. The molecule has 0 amide bonds. The predicted molar refractivity (Wildman–Crippen MR) is 253 cm³/mol. The van der Waals surface area contributed by atoms with Crippen molar-refractivity contribution in [2.75, 3.05) is 0 Å². The van der Waals surface area contributed by atoms with Crippen LogP contribution in [0.15, 0.2) is 103 Å². The fraction of sp³-hybridized carbons (Fsp3) is 0.346. The van der Waals surface area contributed by atoms with E-state index in [9.17, 15) is 0 Å². The van der Waals surface area contributed by atoms with E-state index in [1.54, 1.807) is 6.56 Å². The zero-order valence-corrected chi connectivity index (χ0v) is 41.3. The van der Waals surface area contributed by atoms with Crippen molar-refractivity contribution in [3.05, 3.63) is 158 Å². The molecule has 0 radical (unpaired) electrons. The summed E-state index contributed by atoms with van der Waals surface area (Å²) in [5, 5.41) is 1.53. The van der Waals surface area contributed by atoms with Crippen LogP contribution >= 0.6 is 48.0 Å². The zero-order chi connectivity index (χ0) is 39.6. The molecule has 4 aliphatic carbocycles. The van der Waals surface area contributed by atoms with Crippen LogP contribution in [-0.2, 0) is 36.5 Å². The van der Waals surface area contributed by atoms with Gasteiger partial charge in [0, 0.05) is 0 Å². The standard InChI is InChI=1S/C31H37.2C7H5Cl.C7H9.2ClH.Zr/c1-28(2,3)26-16-30(7,8)24-12-18-11-19-13-25-23(15-21(19)20(18)14-22(24)26)27(29(4,5)6)17-31(25,9)10;2*1-6-2-4-7(8)5-3-6;1-6-3-4-7(2)5-6;;;/h12-16H,11H2,1-10H3;2*1-5H;3,5,7H,1-2H3;2*1H;. The fourth-order valence-electron chi connectivity index (χ4n) is 10.5. The Labute approximate surface area is 368 Å². The molecular weight excluding hydrogens is 858 g/mol. The monoisotopic (exact) mass is 912 g/mol. The second-order valence-corrected chi connectivity index (χ2v) is 29.2. The van der Waals surface area contributed by atoms with E-state index in [1.165, 1.54) is 72.4 Å². The summed E-state index contributed by atoms with van der Waals surface area (Å²) in [6.45, 7) is 28.9. The van der Waals surface area contributed by atoms with Gasteiger partial charge in [0.2, 0.25) is 0 Å². The Hall–Kier alpha value is -2.38. The van der Waals surface area contributed by atoms with E-state index in [0.717, 1.165) is 16.5 Å². The number of fused-ring (bicyclic) bond motifs is 5. The molecular formula is C52H58Cl4Zr. The number of allylic oxidation sites excluding steroid dienone is 8. The van der Waals surface area contributed by atoms with Crippen molar-refractivity contribution in [1.82, 2.24) is 0 Å². The van der Waals surface area contributed by atoms with Crippen molar-refractivity contribution in [3.8, 4) is 11.1 Å². The molecule has 4 aliphatic rings. The van der Waals surface area contributed by atoms with E-state index < -0.39 is 19.3 Å². The molecule has 1 unspecified atom stereocenters. The van der Waals surface area contributed by atoms with E-state index in [4.69, 9.17) is 23.2 Å². The predicted octanol–water partition coefficient (Wildman–Crippen LogP) is 15.5. The maximum absolute atomic E-state index is 6.52. The van der Waals surface area contributed by atoms with E-state index in [2.05, 4.69) is 182 Å². The summed E-state index contributed by atoms with van der Waals surface area (Å²) in [7, 11) is 0. The van der Waals surface area contributed by atoms with Crippen molar-refractivity contribution in [1.29, 1.82) is 0 Å². The number of halogens is 4. The quantitative estimate of drug-likeness (QED) is 0.169. The largest absolute Gasteiger partial charge is 0.147 e. The molecule has 298 valence electrons. The Kier molecular flexibility index (Phi) is 11.6. The summed E-state index contributed by atoms with van der Waals surface area (Å²) in [6, 6.07) is 27.5. The minimum absolute atomic E-state index is 0. The molecule has 57 heavy (non-hydrogen) atoms. The first-order chi connectivity index (χ1) is 25.6. The van der Waals surface area contributed by atoms with Gasteiger partial charge in [0.15, 0.2) is 0 Å². The molecule has 4 aromatic rings. The fourth-order valence-corrected chi connectivity index (χ4v) is 25.1. The molecule has 0 nitrogen and oxygen atoms in total. The Morgan fingerprint density at radius 1 is 0.667 bits per heavy atom. The van der Waals surface area contributed by atoms with E-state index in [-0.39, 0.29) is 46.5 Å². The van der Waals surface area contributed by atoms with Crippen LogP contribution in [0.5, 0.6) is 0 Å². The third-order valence-corrected chi connectivity index (χ3v) is 25.2. The van der Waals surface area contributed by atoms with Gasteiger partial charge in [-0.1, -0.05) is 0 Å².